The molecule has 266 valence electrons. The van der Waals surface area contributed by atoms with Crippen molar-refractivity contribution in [2.45, 2.75) is 89.4 Å². The van der Waals surface area contributed by atoms with Crippen LogP contribution in [0.5, 0.6) is 0 Å². The quantitative estimate of drug-likeness (QED) is 0.0772. The van der Waals surface area contributed by atoms with Crippen LogP contribution in [0.25, 0.3) is 10.9 Å². The number of aromatic amines is 1. The van der Waals surface area contributed by atoms with Crippen LogP contribution in [0.1, 0.15) is 63.5 Å². The minimum absolute atomic E-state index is 0.0194. The molecule has 10 N–H and O–H groups in total. The Bertz CT molecular complexity index is 1530. The highest BCUT2D eigenvalue weighted by Crippen LogP contribution is 2.21. The van der Waals surface area contributed by atoms with Gasteiger partial charge in [0.2, 0.25) is 29.5 Å². The number of unbranched alkanes of at least 4 members (excludes halogenated alkanes) is 1. The minimum Gasteiger partial charge on any atom is -0.391 e. The molecular formula is C36H51N7O6. The van der Waals surface area contributed by atoms with Gasteiger partial charge in [0.1, 0.15) is 0 Å². The van der Waals surface area contributed by atoms with Crippen LogP contribution in [0.3, 0.4) is 0 Å². The van der Waals surface area contributed by atoms with Gasteiger partial charge >= 0.3 is 0 Å². The fraction of sp³-hybridized carbons (Fsp3) is 0.472. The van der Waals surface area contributed by atoms with E-state index < -0.39 is 42.0 Å². The number of para-hydroxylation sites is 1. The molecule has 0 fully saturated rings. The third-order valence-electron chi connectivity index (χ3n) is 8.36. The zero-order chi connectivity index (χ0) is 35.8. The van der Waals surface area contributed by atoms with Crippen molar-refractivity contribution in [1.82, 2.24) is 26.3 Å². The van der Waals surface area contributed by atoms with Gasteiger partial charge in [0.25, 0.3) is 0 Å². The predicted molar refractivity (Wildman–Crippen MR) is 188 cm³/mol. The van der Waals surface area contributed by atoms with Crippen LogP contribution < -0.4 is 32.7 Å². The van der Waals surface area contributed by atoms with Crippen molar-refractivity contribution in [1.29, 1.82) is 0 Å². The van der Waals surface area contributed by atoms with Crippen LogP contribution in [0.4, 0.5) is 0 Å². The van der Waals surface area contributed by atoms with E-state index in [2.05, 4.69) is 26.3 Å². The van der Waals surface area contributed by atoms with Gasteiger partial charge in [-0.2, -0.15) is 0 Å². The lowest BCUT2D eigenvalue weighted by molar-refractivity contribution is -0.127. The molecule has 0 aliphatic heterocycles. The Morgan fingerprint density at radius 1 is 0.837 bits per heavy atom. The SMILES string of the molecule is CC(=O)N[C@H](CC(=O)NC[C@H](CCCCN)C(=O)N[C@H](CC(=O)N[C@@H](CC(N)=O)Cc1ccccc1)Cc1c[nH]c2ccccc12)[C@@H](C)O. The van der Waals surface area contributed by atoms with Gasteiger partial charge in [-0.25, -0.2) is 0 Å². The van der Waals surface area contributed by atoms with Crippen molar-refractivity contribution < 1.29 is 29.1 Å². The highest BCUT2D eigenvalue weighted by Gasteiger charge is 2.27. The largest absolute Gasteiger partial charge is 0.391 e. The zero-order valence-electron chi connectivity index (χ0n) is 28.4. The smallest absolute Gasteiger partial charge is 0.225 e. The Hall–Kier alpha value is -4.75. The number of aliphatic hydroxyl groups excluding tert-OH is 1. The van der Waals surface area contributed by atoms with Gasteiger partial charge in [0.15, 0.2) is 0 Å². The number of hydrogen-bond acceptors (Lipinski definition) is 7. The van der Waals surface area contributed by atoms with Crippen LogP contribution in [-0.2, 0) is 36.8 Å². The van der Waals surface area contributed by atoms with E-state index in [1.165, 1.54) is 13.8 Å². The van der Waals surface area contributed by atoms with Crippen molar-refractivity contribution in [2.24, 2.45) is 17.4 Å². The second kappa shape index (κ2) is 19.9. The number of rotatable bonds is 21. The summed E-state index contributed by atoms with van der Waals surface area (Å²) < 4.78 is 0. The van der Waals surface area contributed by atoms with Gasteiger partial charge in [-0.05, 0) is 56.3 Å². The fourth-order valence-corrected chi connectivity index (χ4v) is 5.86. The third-order valence-corrected chi connectivity index (χ3v) is 8.36. The van der Waals surface area contributed by atoms with E-state index in [-0.39, 0.29) is 43.5 Å². The lowest BCUT2D eigenvalue weighted by Gasteiger charge is -2.25. The summed E-state index contributed by atoms with van der Waals surface area (Å²) in [5.41, 5.74) is 14.0. The number of amides is 5. The van der Waals surface area contributed by atoms with Crippen LogP contribution in [0, 0.1) is 5.92 Å². The van der Waals surface area contributed by atoms with Crippen LogP contribution in [-0.4, -0.2) is 76.9 Å². The molecule has 0 spiro atoms. The number of hydrogen-bond donors (Lipinski definition) is 8. The van der Waals surface area contributed by atoms with Crippen molar-refractivity contribution >= 4 is 40.4 Å². The number of benzene rings is 2. The molecule has 13 nitrogen and oxygen atoms in total. The monoisotopic (exact) mass is 677 g/mol. The van der Waals surface area contributed by atoms with Gasteiger partial charge in [-0.1, -0.05) is 55.0 Å². The maximum atomic E-state index is 13.8. The summed E-state index contributed by atoms with van der Waals surface area (Å²) in [6.07, 6.45) is 3.18. The number of fused-ring (bicyclic) bond motifs is 1. The highest BCUT2D eigenvalue weighted by molar-refractivity contribution is 5.85. The number of nitrogens with two attached hydrogens (primary N) is 2. The fourth-order valence-electron chi connectivity index (χ4n) is 5.86. The topological polar surface area (TPSA) is 222 Å². The van der Waals surface area contributed by atoms with E-state index in [1.807, 2.05) is 60.8 Å². The molecule has 49 heavy (non-hydrogen) atoms. The Morgan fingerprint density at radius 3 is 2.20 bits per heavy atom. The Balaban J connectivity index is 1.77. The lowest BCUT2D eigenvalue weighted by Crippen LogP contribution is -2.48. The van der Waals surface area contributed by atoms with Gasteiger partial charge in [0, 0.05) is 61.9 Å². The number of nitrogens with one attached hydrogen (secondary N) is 5. The molecule has 3 rings (SSSR count). The standard InChI is InChI=1S/C36H51N7O6/c1-23(44)32(41-24(2)45)20-34(47)40-21-26(12-8-9-15-37)36(49)43-29(17-27-22-39-31-14-7-6-13-30(27)31)19-35(48)42-28(18-33(38)46)16-25-10-4-3-5-11-25/h3-7,10-11,13-14,22-23,26,28-29,32,39,44H,8-9,12,15-21,37H2,1-2H3,(H2,38,46)(H,40,47)(H,41,45)(H,42,48)(H,43,49)/t23-,26+,28-,29+,32-/m1/s1. The van der Waals surface area contributed by atoms with Crippen molar-refractivity contribution in [3.8, 4) is 0 Å². The Kier molecular flexibility index (Phi) is 15.7. The first kappa shape index (κ1) is 38.7. The average molecular weight is 678 g/mol. The molecular weight excluding hydrogens is 626 g/mol. The van der Waals surface area contributed by atoms with Crippen LogP contribution >= 0.6 is 0 Å². The number of carbonyl (C=O) groups is 5. The van der Waals surface area contributed by atoms with Crippen molar-refractivity contribution in [2.75, 3.05) is 13.1 Å². The molecule has 5 atom stereocenters. The van der Waals surface area contributed by atoms with Gasteiger partial charge in [-0.3, -0.25) is 24.0 Å². The second-order valence-corrected chi connectivity index (χ2v) is 12.6. The molecule has 13 heteroatoms. The Labute approximate surface area is 287 Å². The molecule has 0 aliphatic rings. The minimum atomic E-state index is -0.954. The summed E-state index contributed by atoms with van der Waals surface area (Å²) in [7, 11) is 0. The number of primary amides is 1. The first-order chi connectivity index (χ1) is 23.4. The summed E-state index contributed by atoms with van der Waals surface area (Å²) in [5.74, 6) is -2.64. The molecule has 5 amide bonds. The van der Waals surface area contributed by atoms with Gasteiger partial charge < -0.3 is 42.8 Å². The molecule has 2 aromatic carbocycles. The van der Waals surface area contributed by atoms with E-state index in [1.54, 1.807) is 0 Å². The van der Waals surface area contributed by atoms with Gasteiger partial charge in [-0.15, -0.1) is 0 Å². The summed E-state index contributed by atoms with van der Waals surface area (Å²) >= 11 is 0. The Morgan fingerprint density at radius 2 is 1.53 bits per heavy atom. The summed E-state index contributed by atoms with van der Waals surface area (Å²) in [6.45, 7) is 3.26. The number of aliphatic hydroxyl groups is 1. The van der Waals surface area contributed by atoms with E-state index in [0.29, 0.717) is 38.6 Å². The van der Waals surface area contributed by atoms with E-state index in [0.717, 1.165) is 22.0 Å². The first-order valence-corrected chi connectivity index (χ1v) is 16.8. The molecule has 1 aromatic heterocycles. The van der Waals surface area contributed by atoms with Crippen LogP contribution in [0.2, 0.25) is 0 Å². The summed E-state index contributed by atoms with van der Waals surface area (Å²) in [4.78, 5) is 66.7. The van der Waals surface area contributed by atoms with E-state index in [4.69, 9.17) is 11.5 Å². The molecule has 0 radical (unpaired) electrons. The molecule has 0 saturated carbocycles. The number of H-pyrrole nitrogens is 1. The first-order valence-electron chi connectivity index (χ1n) is 16.8. The number of aromatic nitrogens is 1. The van der Waals surface area contributed by atoms with Crippen molar-refractivity contribution in [3.05, 3.63) is 71.9 Å². The van der Waals surface area contributed by atoms with Gasteiger partial charge in [0.05, 0.1) is 18.1 Å². The molecule has 1 heterocycles. The van der Waals surface area contributed by atoms with Crippen LogP contribution in [0.15, 0.2) is 60.8 Å². The highest BCUT2D eigenvalue weighted by atomic mass is 16.3. The maximum Gasteiger partial charge on any atom is 0.225 e. The molecule has 3 aromatic rings. The molecule has 0 saturated heterocycles. The van der Waals surface area contributed by atoms with E-state index >= 15 is 0 Å². The average Bonchev–Trinajstić information content (AvgIpc) is 3.44. The number of carbonyl (C=O) groups excluding carboxylic acids is 5. The van der Waals surface area contributed by atoms with E-state index in [9.17, 15) is 29.1 Å². The molecule has 0 unspecified atom stereocenters. The van der Waals surface area contributed by atoms with Crippen molar-refractivity contribution in [3.63, 3.8) is 0 Å². The summed E-state index contributed by atoms with van der Waals surface area (Å²) in [5, 5.41) is 22.3. The zero-order valence-corrected chi connectivity index (χ0v) is 28.4. The normalized spacial score (nSPS) is 14.2. The second-order valence-electron chi connectivity index (χ2n) is 12.6. The predicted octanol–water partition coefficient (Wildman–Crippen LogP) is 1.33. The summed E-state index contributed by atoms with van der Waals surface area (Å²) in [6, 6.07) is 15.3. The maximum absolute atomic E-state index is 13.8. The molecule has 0 bridgehead atoms. The third kappa shape index (κ3) is 13.7. The molecule has 0 aliphatic carbocycles. The lowest BCUT2D eigenvalue weighted by atomic mass is 9.97.